The molecule has 1 aromatic carbocycles. The van der Waals surface area contributed by atoms with Crippen molar-refractivity contribution in [3.63, 3.8) is 0 Å². The minimum absolute atomic E-state index is 0.0365. The van der Waals surface area contributed by atoms with Crippen LogP contribution in [0.3, 0.4) is 0 Å². The van der Waals surface area contributed by atoms with E-state index in [0.29, 0.717) is 16.3 Å². The van der Waals surface area contributed by atoms with Crippen LogP contribution in [0.2, 0.25) is 5.02 Å². The van der Waals surface area contributed by atoms with Gasteiger partial charge >= 0.3 is 5.97 Å². The van der Waals surface area contributed by atoms with Gasteiger partial charge in [0.1, 0.15) is 0 Å². The predicted octanol–water partition coefficient (Wildman–Crippen LogP) is 2.76. The SMILES string of the molecule is CCC(NC(=O)c1cc(C)no1)(C(=O)O)c1ccc(Cl)cc1. The molecule has 1 unspecified atom stereocenters. The van der Waals surface area contributed by atoms with E-state index in [9.17, 15) is 14.7 Å². The fourth-order valence-electron chi connectivity index (χ4n) is 2.15. The molecule has 1 aromatic heterocycles. The van der Waals surface area contributed by atoms with Crippen molar-refractivity contribution in [1.29, 1.82) is 0 Å². The topological polar surface area (TPSA) is 92.4 Å². The zero-order valence-corrected chi connectivity index (χ0v) is 12.8. The van der Waals surface area contributed by atoms with Crippen LogP contribution < -0.4 is 5.32 Å². The molecule has 0 spiro atoms. The van der Waals surface area contributed by atoms with Gasteiger partial charge in [-0.3, -0.25) is 4.79 Å². The number of aromatic nitrogens is 1. The summed E-state index contributed by atoms with van der Waals surface area (Å²) in [6.45, 7) is 3.35. The third-order valence-corrected chi connectivity index (χ3v) is 3.66. The molecule has 22 heavy (non-hydrogen) atoms. The highest BCUT2D eigenvalue weighted by Crippen LogP contribution is 2.27. The highest BCUT2D eigenvalue weighted by atomic mass is 35.5. The summed E-state index contributed by atoms with van der Waals surface area (Å²) in [5.41, 5.74) is -0.604. The molecule has 0 aliphatic rings. The van der Waals surface area contributed by atoms with Gasteiger partial charge in [0.15, 0.2) is 5.54 Å². The third kappa shape index (κ3) is 2.96. The van der Waals surface area contributed by atoms with Crippen molar-refractivity contribution in [2.75, 3.05) is 0 Å². The second kappa shape index (κ2) is 6.19. The van der Waals surface area contributed by atoms with Crippen molar-refractivity contribution in [3.05, 3.63) is 52.4 Å². The van der Waals surface area contributed by atoms with E-state index in [-0.39, 0.29) is 12.2 Å². The number of carboxylic acids is 1. The van der Waals surface area contributed by atoms with E-state index >= 15 is 0 Å². The molecule has 0 aliphatic heterocycles. The number of nitrogens with zero attached hydrogens (tertiary/aromatic N) is 1. The summed E-state index contributed by atoms with van der Waals surface area (Å²) in [6, 6.07) is 7.75. The van der Waals surface area contributed by atoms with Gasteiger partial charge in [-0.05, 0) is 31.0 Å². The first kappa shape index (κ1) is 16.0. The van der Waals surface area contributed by atoms with E-state index in [0.717, 1.165) is 0 Å². The van der Waals surface area contributed by atoms with Crippen molar-refractivity contribution < 1.29 is 19.2 Å². The number of amides is 1. The Kier molecular flexibility index (Phi) is 4.51. The number of hydrogen-bond acceptors (Lipinski definition) is 4. The summed E-state index contributed by atoms with van der Waals surface area (Å²) in [6.07, 6.45) is 0.156. The highest BCUT2D eigenvalue weighted by molar-refractivity contribution is 6.30. The summed E-state index contributed by atoms with van der Waals surface area (Å²) in [5, 5.41) is 16.3. The normalized spacial score (nSPS) is 13.4. The molecule has 2 N–H and O–H groups in total. The van der Waals surface area contributed by atoms with Gasteiger partial charge in [0.25, 0.3) is 5.91 Å². The molecule has 0 fully saturated rings. The second-order valence-electron chi connectivity index (χ2n) is 4.86. The molecule has 6 nitrogen and oxygen atoms in total. The van der Waals surface area contributed by atoms with Crippen LogP contribution in [0.1, 0.15) is 35.2 Å². The number of carboxylic acid groups (broad SMARTS) is 1. The van der Waals surface area contributed by atoms with Gasteiger partial charge in [-0.2, -0.15) is 0 Å². The van der Waals surface area contributed by atoms with Crippen LogP contribution in [-0.4, -0.2) is 22.1 Å². The molecule has 0 saturated heterocycles. The van der Waals surface area contributed by atoms with E-state index in [1.165, 1.54) is 6.07 Å². The number of hydrogen-bond donors (Lipinski definition) is 2. The average Bonchev–Trinajstić information content (AvgIpc) is 2.92. The number of halogens is 1. The fraction of sp³-hybridized carbons (Fsp3) is 0.267. The van der Waals surface area contributed by atoms with E-state index in [2.05, 4.69) is 10.5 Å². The van der Waals surface area contributed by atoms with Crippen molar-refractivity contribution in [2.24, 2.45) is 0 Å². The number of aliphatic carboxylic acids is 1. The van der Waals surface area contributed by atoms with Gasteiger partial charge < -0.3 is 14.9 Å². The molecule has 0 saturated carbocycles. The number of carbonyl (C=O) groups is 2. The summed E-state index contributed by atoms with van der Waals surface area (Å²) in [5.74, 6) is -1.84. The molecular formula is C15H15ClN2O4. The monoisotopic (exact) mass is 322 g/mol. The molecule has 2 aromatic rings. The molecule has 0 radical (unpaired) electrons. The van der Waals surface area contributed by atoms with Gasteiger partial charge in [0, 0.05) is 11.1 Å². The number of carbonyl (C=O) groups excluding carboxylic acids is 1. The first-order valence-corrected chi connectivity index (χ1v) is 7.02. The molecular weight excluding hydrogens is 308 g/mol. The van der Waals surface area contributed by atoms with Gasteiger partial charge in [-0.15, -0.1) is 0 Å². The lowest BCUT2D eigenvalue weighted by Crippen LogP contribution is -2.51. The van der Waals surface area contributed by atoms with Crippen LogP contribution in [0, 0.1) is 6.92 Å². The van der Waals surface area contributed by atoms with E-state index < -0.39 is 17.4 Å². The molecule has 1 amide bonds. The molecule has 1 heterocycles. The average molecular weight is 323 g/mol. The maximum Gasteiger partial charge on any atom is 0.334 e. The maximum absolute atomic E-state index is 12.2. The molecule has 2 rings (SSSR count). The van der Waals surface area contributed by atoms with E-state index in [4.69, 9.17) is 16.1 Å². The van der Waals surface area contributed by atoms with Gasteiger partial charge in [-0.25, -0.2) is 4.79 Å². The number of nitrogens with one attached hydrogen (secondary N) is 1. The fourth-order valence-corrected chi connectivity index (χ4v) is 2.28. The van der Waals surface area contributed by atoms with Crippen LogP contribution in [0.25, 0.3) is 0 Å². The van der Waals surface area contributed by atoms with Gasteiger partial charge in [0.2, 0.25) is 5.76 Å². The second-order valence-corrected chi connectivity index (χ2v) is 5.29. The van der Waals surface area contributed by atoms with E-state index in [1.807, 2.05) is 0 Å². The lowest BCUT2D eigenvalue weighted by molar-refractivity contribution is -0.145. The predicted molar refractivity (Wildman–Crippen MR) is 79.8 cm³/mol. The van der Waals surface area contributed by atoms with Gasteiger partial charge in [-0.1, -0.05) is 35.8 Å². The Morgan fingerprint density at radius 2 is 2.00 bits per heavy atom. The Morgan fingerprint density at radius 1 is 1.36 bits per heavy atom. The first-order chi connectivity index (χ1) is 10.4. The Hall–Kier alpha value is -2.34. The molecule has 0 bridgehead atoms. The van der Waals surface area contributed by atoms with Crippen LogP contribution in [0.4, 0.5) is 0 Å². The smallest absolute Gasteiger partial charge is 0.334 e. The van der Waals surface area contributed by atoms with E-state index in [1.54, 1.807) is 38.1 Å². The molecule has 1 atom stereocenters. The molecule has 0 aliphatic carbocycles. The minimum Gasteiger partial charge on any atom is -0.479 e. The number of benzene rings is 1. The zero-order valence-electron chi connectivity index (χ0n) is 12.1. The lowest BCUT2D eigenvalue weighted by Gasteiger charge is -2.29. The van der Waals surface area contributed by atoms with Gasteiger partial charge in [0.05, 0.1) is 5.69 Å². The molecule has 7 heteroatoms. The number of rotatable bonds is 5. The Labute approximate surface area is 132 Å². The summed E-state index contributed by atoms with van der Waals surface area (Å²) < 4.78 is 4.88. The van der Waals surface area contributed by atoms with Crippen molar-refractivity contribution in [1.82, 2.24) is 10.5 Å². The highest BCUT2D eigenvalue weighted by Gasteiger charge is 2.41. The summed E-state index contributed by atoms with van der Waals surface area (Å²) in [4.78, 5) is 24.1. The lowest BCUT2D eigenvalue weighted by atomic mass is 9.87. The Morgan fingerprint density at radius 3 is 2.45 bits per heavy atom. The maximum atomic E-state index is 12.2. The van der Waals surface area contributed by atoms with Crippen molar-refractivity contribution >= 4 is 23.5 Å². The van der Waals surface area contributed by atoms with Crippen LogP contribution >= 0.6 is 11.6 Å². The minimum atomic E-state index is -1.57. The quantitative estimate of drug-likeness (QED) is 0.883. The van der Waals surface area contributed by atoms with Crippen LogP contribution in [0.15, 0.2) is 34.9 Å². The Balaban J connectivity index is 2.39. The number of aryl methyl sites for hydroxylation is 1. The van der Waals surface area contributed by atoms with Crippen LogP contribution in [-0.2, 0) is 10.3 Å². The molecule has 116 valence electrons. The largest absolute Gasteiger partial charge is 0.479 e. The first-order valence-electron chi connectivity index (χ1n) is 6.64. The standard InChI is InChI=1S/C15H15ClN2O4/c1-3-15(14(20)21,10-4-6-11(16)7-5-10)17-13(19)12-8-9(2)18-22-12/h4-8H,3H2,1-2H3,(H,17,19)(H,20,21). The van der Waals surface area contributed by atoms with Crippen LogP contribution in [0.5, 0.6) is 0 Å². The summed E-state index contributed by atoms with van der Waals surface area (Å²) in [7, 11) is 0. The Bertz CT molecular complexity index is 696. The third-order valence-electron chi connectivity index (χ3n) is 3.41. The van der Waals surface area contributed by atoms with Crippen molar-refractivity contribution in [2.45, 2.75) is 25.8 Å². The van der Waals surface area contributed by atoms with Crippen molar-refractivity contribution in [3.8, 4) is 0 Å². The summed E-state index contributed by atoms with van der Waals surface area (Å²) >= 11 is 5.83. The zero-order chi connectivity index (χ0) is 16.3.